The third-order valence-electron chi connectivity index (χ3n) is 6.12. The van der Waals surface area contributed by atoms with Crippen LogP contribution >= 0.6 is 11.3 Å². The van der Waals surface area contributed by atoms with E-state index in [1.807, 2.05) is 6.07 Å². The first kappa shape index (κ1) is 24.2. The van der Waals surface area contributed by atoms with Crippen molar-refractivity contribution in [3.63, 3.8) is 0 Å². The van der Waals surface area contributed by atoms with Crippen LogP contribution in [-0.4, -0.2) is 36.7 Å². The van der Waals surface area contributed by atoms with Crippen LogP contribution in [0.4, 0.5) is 5.13 Å². The lowest BCUT2D eigenvalue weighted by atomic mass is 9.91. The van der Waals surface area contributed by atoms with E-state index in [4.69, 9.17) is 4.74 Å². The molecule has 10 heteroatoms. The van der Waals surface area contributed by atoms with Gasteiger partial charge >= 0.3 is 0 Å². The molecule has 1 aromatic carbocycles. The van der Waals surface area contributed by atoms with Gasteiger partial charge in [-0.15, -0.1) is 11.3 Å². The number of thiazole rings is 1. The fourth-order valence-corrected chi connectivity index (χ4v) is 7.18. The number of nitrogens with zero attached hydrogens (tertiary/aromatic N) is 1. The van der Waals surface area contributed by atoms with Gasteiger partial charge in [0.15, 0.2) is 15.0 Å². The van der Waals surface area contributed by atoms with Crippen LogP contribution in [0.1, 0.15) is 48.4 Å². The Morgan fingerprint density at radius 2 is 2.06 bits per heavy atom. The lowest BCUT2D eigenvalue weighted by Crippen LogP contribution is -2.32. The second-order valence-corrected chi connectivity index (χ2v) is 11.5. The minimum absolute atomic E-state index is 0.0330. The number of amides is 1. The Balaban J connectivity index is 1.84. The van der Waals surface area contributed by atoms with Gasteiger partial charge in [-0.05, 0) is 49.9 Å². The molecule has 1 amide bonds. The standard InChI is InChI=1S/C24H27N3O5S2/c1-15-12-20(34(30,31)18-8-3-4-9-18)21(23(29)26-15)19(22(28)27-24-25-10-11-33-24)14-16-6-5-7-17(13-16)32-2/h5-7,10-13,18-19H,3-4,8-9,14H2,1-2H3,(H,26,29)(H,25,27,28). The summed E-state index contributed by atoms with van der Waals surface area (Å²) in [6.45, 7) is 1.64. The summed E-state index contributed by atoms with van der Waals surface area (Å²) in [6.07, 6.45) is 4.46. The number of anilines is 1. The summed E-state index contributed by atoms with van der Waals surface area (Å²) in [6, 6.07) is 8.65. The second kappa shape index (κ2) is 10.1. The van der Waals surface area contributed by atoms with Gasteiger partial charge in [0.05, 0.1) is 23.2 Å². The highest BCUT2D eigenvalue weighted by Crippen LogP contribution is 2.34. The highest BCUT2D eigenvalue weighted by atomic mass is 32.2. The number of pyridine rings is 1. The average molecular weight is 502 g/mol. The van der Waals surface area contributed by atoms with Gasteiger partial charge in [0, 0.05) is 22.8 Å². The molecule has 34 heavy (non-hydrogen) atoms. The van der Waals surface area contributed by atoms with Gasteiger partial charge in [0.25, 0.3) is 5.56 Å². The molecule has 1 aliphatic carbocycles. The van der Waals surface area contributed by atoms with Gasteiger partial charge in [0.1, 0.15) is 5.75 Å². The molecule has 1 atom stereocenters. The molecule has 1 aliphatic rings. The maximum Gasteiger partial charge on any atom is 0.253 e. The van der Waals surface area contributed by atoms with E-state index in [1.165, 1.54) is 17.4 Å². The predicted molar refractivity (Wildman–Crippen MR) is 131 cm³/mol. The Morgan fingerprint density at radius 3 is 2.74 bits per heavy atom. The number of hydrogen-bond donors (Lipinski definition) is 2. The molecular weight excluding hydrogens is 474 g/mol. The molecule has 3 aromatic rings. The lowest BCUT2D eigenvalue weighted by Gasteiger charge is -2.21. The number of methoxy groups -OCH3 is 1. The van der Waals surface area contributed by atoms with Crippen LogP contribution in [0.3, 0.4) is 0 Å². The number of hydrogen-bond acceptors (Lipinski definition) is 7. The molecule has 0 aliphatic heterocycles. The number of H-pyrrole nitrogens is 1. The van der Waals surface area contributed by atoms with Gasteiger partial charge in [-0.2, -0.15) is 0 Å². The Hall–Kier alpha value is -2.98. The van der Waals surface area contributed by atoms with Crippen molar-refractivity contribution in [1.29, 1.82) is 0 Å². The van der Waals surface area contributed by atoms with Crippen LogP contribution in [0.2, 0.25) is 0 Å². The summed E-state index contributed by atoms with van der Waals surface area (Å²) in [5.74, 6) is -0.935. The van der Waals surface area contributed by atoms with E-state index < -0.39 is 32.5 Å². The zero-order chi connectivity index (χ0) is 24.3. The van der Waals surface area contributed by atoms with Crippen molar-refractivity contribution in [2.24, 2.45) is 0 Å². The van der Waals surface area contributed by atoms with Crippen molar-refractivity contribution < 1.29 is 17.9 Å². The minimum atomic E-state index is -3.80. The Labute approximate surface area is 202 Å². The van der Waals surface area contributed by atoms with Gasteiger partial charge in [0.2, 0.25) is 5.91 Å². The summed E-state index contributed by atoms with van der Waals surface area (Å²) in [4.78, 5) is 33.5. The fourth-order valence-electron chi connectivity index (χ4n) is 4.45. The number of aromatic nitrogens is 2. The summed E-state index contributed by atoms with van der Waals surface area (Å²) >= 11 is 1.25. The molecule has 0 bridgehead atoms. The molecule has 1 unspecified atom stereocenters. The lowest BCUT2D eigenvalue weighted by molar-refractivity contribution is -0.117. The van der Waals surface area contributed by atoms with Crippen LogP contribution in [0.15, 0.2) is 51.6 Å². The molecule has 2 aromatic heterocycles. The van der Waals surface area contributed by atoms with Gasteiger partial charge in [-0.25, -0.2) is 13.4 Å². The van der Waals surface area contributed by atoms with Gasteiger partial charge in [-0.3, -0.25) is 9.59 Å². The fraction of sp³-hybridized carbons (Fsp3) is 0.375. The molecule has 180 valence electrons. The largest absolute Gasteiger partial charge is 0.497 e. The van der Waals surface area contributed by atoms with E-state index in [0.29, 0.717) is 29.4 Å². The number of aryl methyl sites for hydroxylation is 1. The molecular formula is C24H27N3O5S2. The van der Waals surface area contributed by atoms with E-state index in [1.54, 1.807) is 43.8 Å². The van der Waals surface area contributed by atoms with Crippen LogP contribution in [0, 0.1) is 6.92 Å². The Bertz CT molecular complexity index is 1330. The maximum absolute atomic E-state index is 13.6. The second-order valence-electron chi connectivity index (χ2n) is 8.45. The van der Waals surface area contributed by atoms with Crippen molar-refractivity contribution in [3.05, 3.63) is 69.1 Å². The van der Waals surface area contributed by atoms with Crippen molar-refractivity contribution in [3.8, 4) is 5.75 Å². The van der Waals surface area contributed by atoms with E-state index in [2.05, 4.69) is 15.3 Å². The summed E-state index contributed by atoms with van der Waals surface area (Å²) in [7, 11) is -2.25. The highest BCUT2D eigenvalue weighted by molar-refractivity contribution is 7.92. The molecule has 0 radical (unpaired) electrons. The van der Waals surface area contributed by atoms with Crippen molar-refractivity contribution >= 4 is 32.2 Å². The normalized spacial score (nSPS) is 15.2. The zero-order valence-electron chi connectivity index (χ0n) is 19.0. The van der Waals surface area contributed by atoms with E-state index >= 15 is 0 Å². The first-order valence-electron chi connectivity index (χ1n) is 11.1. The number of ether oxygens (including phenoxy) is 1. The summed E-state index contributed by atoms with van der Waals surface area (Å²) in [5.41, 5.74) is 0.571. The minimum Gasteiger partial charge on any atom is -0.497 e. The van der Waals surface area contributed by atoms with Crippen molar-refractivity contribution in [1.82, 2.24) is 9.97 Å². The topological polar surface area (TPSA) is 118 Å². The zero-order valence-corrected chi connectivity index (χ0v) is 20.7. The van der Waals surface area contributed by atoms with Crippen molar-refractivity contribution in [2.75, 3.05) is 12.4 Å². The summed E-state index contributed by atoms with van der Waals surface area (Å²) in [5, 5.41) is 4.30. The van der Waals surface area contributed by atoms with E-state index in [-0.39, 0.29) is 16.9 Å². The Morgan fingerprint density at radius 1 is 1.29 bits per heavy atom. The van der Waals surface area contributed by atoms with Crippen molar-refractivity contribution in [2.45, 2.75) is 55.1 Å². The number of carbonyl (C=O) groups excluding carboxylic acids is 1. The quantitative estimate of drug-likeness (QED) is 0.484. The number of aromatic amines is 1. The average Bonchev–Trinajstić information content (AvgIpc) is 3.52. The van der Waals surface area contributed by atoms with E-state index in [0.717, 1.165) is 18.4 Å². The van der Waals surface area contributed by atoms with Crippen LogP contribution in [0.25, 0.3) is 0 Å². The van der Waals surface area contributed by atoms with Crippen LogP contribution in [0.5, 0.6) is 5.75 Å². The number of rotatable bonds is 8. The molecule has 2 N–H and O–H groups in total. The molecule has 1 fully saturated rings. The molecule has 8 nitrogen and oxygen atoms in total. The predicted octanol–water partition coefficient (Wildman–Crippen LogP) is 3.83. The van der Waals surface area contributed by atoms with Gasteiger partial charge < -0.3 is 15.0 Å². The SMILES string of the molecule is COc1cccc(CC(C(=O)Nc2nccs2)c2c(S(=O)(=O)C3CCCC3)cc(C)[nH]c2=O)c1. The highest BCUT2D eigenvalue weighted by Gasteiger charge is 2.37. The molecule has 2 heterocycles. The van der Waals surface area contributed by atoms with Crippen LogP contribution in [-0.2, 0) is 21.1 Å². The number of carbonyl (C=O) groups is 1. The molecule has 0 saturated heterocycles. The number of sulfone groups is 1. The van der Waals surface area contributed by atoms with Crippen LogP contribution < -0.4 is 15.6 Å². The first-order chi connectivity index (χ1) is 16.3. The number of benzene rings is 1. The molecule has 0 spiro atoms. The van der Waals surface area contributed by atoms with E-state index in [9.17, 15) is 18.0 Å². The Kier molecular flexibility index (Phi) is 7.18. The third kappa shape index (κ3) is 5.07. The summed E-state index contributed by atoms with van der Waals surface area (Å²) < 4.78 is 32.6. The van der Waals surface area contributed by atoms with Gasteiger partial charge in [-0.1, -0.05) is 25.0 Å². The number of nitrogens with one attached hydrogen (secondary N) is 2. The smallest absolute Gasteiger partial charge is 0.253 e. The molecule has 1 saturated carbocycles. The third-order valence-corrected chi connectivity index (χ3v) is 9.11. The molecule has 4 rings (SSSR count). The first-order valence-corrected chi connectivity index (χ1v) is 13.5. The maximum atomic E-state index is 13.6. The monoisotopic (exact) mass is 501 g/mol.